The number of esters is 1. The molecule has 0 bridgehead atoms. The maximum absolute atomic E-state index is 13.1. The van der Waals surface area contributed by atoms with Crippen molar-refractivity contribution in [3.63, 3.8) is 0 Å². The van der Waals surface area contributed by atoms with Gasteiger partial charge in [0, 0.05) is 13.0 Å². The summed E-state index contributed by atoms with van der Waals surface area (Å²) >= 11 is 0. The summed E-state index contributed by atoms with van der Waals surface area (Å²) in [5.74, 6) is -2.95. The molecule has 0 radical (unpaired) electrons. The molecule has 0 spiro atoms. The highest BCUT2D eigenvalue weighted by Gasteiger charge is 2.36. The van der Waals surface area contributed by atoms with Gasteiger partial charge in [0.15, 0.2) is 0 Å². The van der Waals surface area contributed by atoms with E-state index in [4.69, 9.17) is 9.47 Å². The topological polar surface area (TPSA) is 102 Å². The van der Waals surface area contributed by atoms with E-state index in [1.165, 1.54) is 7.11 Å². The van der Waals surface area contributed by atoms with E-state index in [-0.39, 0.29) is 11.5 Å². The van der Waals surface area contributed by atoms with Crippen LogP contribution in [-0.2, 0) is 25.8 Å². The molecule has 0 aromatic heterocycles. The van der Waals surface area contributed by atoms with E-state index in [0.717, 1.165) is 12.1 Å². The van der Waals surface area contributed by atoms with Crippen molar-refractivity contribution in [3.05, 3.63) is 29.3 Å². The summed E-state index contributed by atoms with van der Waals surface area (Å²) in [5, 5.41) is 0. The minimum atomic E-state index is -4.73. The molecule has 11 heteroatoms. The van der Waals surface area contributed by atoms with Crippen LogP contribution in [0.5, 0.6) is 5.75 Å². The molecule has 0 saturated carbocycles. The van der Waals surface area contributed by atoms with Crippen LogP contribution in [0.4, 0.5) is 13.2 Å². The summed E-state index contributed by atoms with van der Waals surface area (Å²) in [6.45, 7) is 2.63. The summed E-state index contributed by atoms with van der Waals surface area (Å²) in [5.41, 5.74) is -1.41. The van der Waals surface area contributed by atoms with Gasteiger partial charge in [0.25, 0.3) is 0 Å². The third kappa shape index (κ3) is 6.81. The zero-order valence-electron chi connectivity index (χ0n) is 14.2. The lowest BCUT2D eigenvalue weighted by Crippen LogP contribution is -2.26. The number of alkyl halides is 3. The lowest BCUT2D eigenvalue weighted by atomic mass is 10.1. The van der Waals surface area contributed by atoms with E-state index < -0.39 is 52.2 Å². The Morgan fingerprint density at radius 2 is 1.88 bits per heavy atom. The second kappa shape index (κ2) is 8.69. The molecule has 0 aliphatic rings. The van der Waals surface area contributed by atoms with Crippen molar-refractivity contribution < 1.29 is 45.1 Å². The molecule has 1 atom stereocenters. The number of ether oxygens (including phenoxy) is 3. The molecule has 0 amide bonds. The predicted molar refractivity (Wildman–Crippen MR) is 82.6 cm³/mol. The number of halogens is 3. The Hall–Kier alpha value is -1.85. The normalized spacial score (nSPS) is 13.5. The second-order valence-electron chi connectivity index (χ2n) is 5.57. The molecule has 0 saturated heterocycles. The number of carbonyl (C=O) groups is 1. The smallest absolute Gasteiger partial charge is 0.419 e. The van der Waals surface area contributed by atoms with Crippen molar-refractivity contribution in [2.75, 3.05) is 19.5 Å². The molecule has 1 rings (SSSR count). The van der Waals surface area contributed by atoms with Crippen molar-refractivity contribution in [2.24, 2.45) is 5.92 Å². The average Bonchev–Trinajstić information content (AvgIpc) is 2.49. The van der Waals surface area contributed by atoms with E-state index in [9.17, 15) is 30.9 Å². The summed E-state index contributed by atoms with van der Waals surface area (Å²) in [6.07, 6.45) is -5.73. The Kier molecular flexibility index (Phi) is 7.42. The number of hydrogen-bond donors (Lipinski definition) is 0. The van der Waals surface area contributed by atoms with Gasteiger partial charge in [-0.15, -0.1) is 0 Å². The molecule has 0 heterocycles. The van der Waals surface area contributed by atoms with Crippen LogP contribution in [0.25, 0.3) is 0 Å². The van der Waals surface area contributed by atoms with Gasteiger partial charge in [-0.05, 0) is 18.2 Å². The first-order valence-electron chi connectivity index (χ1n) is 7.36. The SMILES string of the molecule is COC(Oc1cc(C(=O)OCCS(=O)(=O)[O-])ccc1C(F)(F)F)C(C)C. The lowest BCUT2D eigenvalue weighted by molar-refractivity contribution is -0.143. The molecule has 0 aliphatic heterocycles. The fraction of sp³-hybridized carbons (Fsp3) is 0.533. The number of benzene rings is 1. The van der Waals surface area contributed by atoms with E-state index in [2.05, 4.69) is 4.74 Å². The van der Waals surface area contributed by atoms with Gasteiger partial charge in [0.2, 0.25) is 6.29 Å². The van der Waals surface area contributed by atoms with Gasteiger partial charge >= 0.3 is 12.1 Å². The number of carbonyl (C=O) groups excluding carboxylic acids is 1. The lowest BCUT2D eigenvalue weighted by Gasteiger charge is -2.23. The van der Waals surface area contributed by atoms with Crippen molar-refractivity contribution in [3.8, 4) is 5.75 Å². The highest BCUT2D eigenvalue weighted by molar-refractivity contribution is 7.85. The van der Waals surface area contributed by atoms with Crippen LogP contribution in [0, 0.1) is 5.92 Å². The Labute approximate surface area is 148 Å². The summed E-state index contributed by atoms with van der Waals surface area (Å²) < 4.78 is 85.6. The molecule has 26 heavy (non-hydrogen) atoms. The van der Waals surface area contributed by atoms with Gasteiger partial charge in [-0.2, -0.15) is 13.2 Å². The monoisotopic (exact) mass is 399 g/mol. The standard InChI is InChI=1S/C15H19F3O7S/c1-9(2)14(23-3)25-12-8-10(4-5-11(12)15(16,17)18)13(19)24-6-7-26(20,21)22/h4-5,8-9,14H,6-7H2,1-3H3,(H,20,21,22)/p-1. The summed E-state index contributed by atoms with van der Waals surface area (Å²) in [4.78, 5) is 11.8. The first-order valence-corrected chi connectivity index (χ1v) is 8.94. The Morgan fingerprint density at radius 1 is 1.27 bits per heavy atom. The molecule has 0 aliphatic carbocycles. The molecule has 1 aromatic carbocycles. The van der Waals surface area contributed by atoms with Crippen LogP contribution in [0.2, 0.25) is 0 Å². The van der Waals surface area contributed by atoms with Crippen LogP contribution in [0.15, 0.2) is 18.2 Å². The highest BCUT2D eigenvalue weighted by atomic mass is 32.2. The maximum Gasteiger partial charge on any atom is 0.419 e. The van der Waals surface area contributed by atoms with Crippen molar-refractivity contribution in [2.45, 2.75) is 26.3 Å². The van der Waals surface area contributed by atoms with Crippen molar-refractivity contribution >= 4 is 16.1 Å². The van der Waals surface area contributed by atoms with Gasteiger partial charge in [-0.25, -0.2) is 13.2 Å². The van der Waals surface area contributed by atoms with Crippen LogP contribution in [0.3, 0.4) is 0 Å². The average molecular weight is 399 g/mol. The third-order valence-corrected chi connectivity index (χ3v) is 3.78. The Bertz CT molecular complexity index is 729. The van der Waals surface area contributed by atoms with Gasteiger partial charge in [0.1, 0.15) is 12.4 Å². The Morgan fingerprint density at radius 3 is 2.35 bits per heavy atom. The zero-order chi connectivity index (χ0) is 20.1. The van der Waals surface area contributed by atoms with E-state index >= 15 is 0 Å². The largest absolute Gasteiger partial charge is 0.748 e. The molecule has 0 fully saturated rings. The van der Waals surface area contributed by atoms with Gasteiger partial charge in [0.05, 0.1) is 27.0 Å². The van der Waals surface area contributed by atoms with Gasteiger partial charge in [-0.1, -0.05) is 13.8 Å². The minimum absolute atomic E-state index is 0.279. The molecular weight excluding hydrogens is 381 g/mol. The first-order chi connectivity index (χ1) is 11.8. The fourth-order valence-corrected chi connectivity index (χ4v) is 2.17. The summed E-state index contributed by atoms with van der Waals surface area (Å²) in [6, 6.07) is 2.33. The quantitative estimate of drug-likeness (QED) is 0.376. The molecular formula is C15H18F3O7S-. The minimum Gasteiger partial charge on any atom is -0.748 e. The predicted octanol–water partition coefficient (Wildman–Crippen LogP) is 2.41. The number of methoxy groups -OCH3 is 1. The van der Waals surface area contributed by atoms with Crippen LogP contribution in [-0.4, -0.2) is 44.7 Å². The number of rotatable bonds is 8. The van der Waals surface area contributed by atoms with Crippen molar-refractivity contribution in [1.29, 1.82) is 0 Å². The van der Waals surface area contributed by atoms with Crippen LogP contribution in [0.1, 0.15) is 29.8 Å². The number of hydrogen-bond acceptors (Lipinski definition) is 7. The zero-order valence-corrected chi connectivity index (χ0v) is 15.0. The van der Waals surface area contributed by atoms with Gasteiger partial charge in [-0.3, -0.25) is 0 Å². The summed E-state index contributed by atoms with van der Waals surface area (Å²) in [7, 11) is -3.32. The van der Waals surface area contributed by atoms with Gasteiger partial charge < -0.3 is 18.8 Å². The van der Waals surface area contributed by atoms with E-state index in [0.29, 0.717) is 6.07 Å². The molecule has 1 unspecified atom stereocenters. The first kappa shape index (κ1) is 22.2. The fourth-order valence-electron chi connectivity index (χ4n) is 1.88. The maximum atomic E-state index is 13.1. The Balaban J connectivity index is 3.09. The van der Waals surface area contributed by atoms with Crippen LogP contribution < -0.4 is 4.74 Å². The van der Waals surface area contributed by atoms with Crippen LogP contribution >= 0.6 is 0 Å². The highest BCUT2D eigenvalue weighted by Crippen LogP contribution is 2.37. The third-order valence-electron chi connectivity index (χ3n) is 3.11. The molecule has 7 nitrogen and oxygen atoms in total. The molecule has 1 aromatic rings. The van der Waals surface area contributed by atoms with Crippen molar-refractivity contribution in [1.82, 2.24) is 0 Å². The molecule has 0 N–H and O–H groups in total. The van der Waals surface area contributed by atoms with E-state index in [1.54, 1.807) is 13.8 Å². The second-order valence-corrected chi connectivity index (χ2v) is 7.10. The molecule has 148 valence electrons. The van der Waals surface area contributed by atoms with E-state index in [1.807, 2.05) is 0 Å².